The summed E-state index contributed by atoms with van der Waals surface area (Å²) in [6.07, 6.45) is 1.07. The van der Waals surface area contributed by atoms with Gasteiger partial charge in [-0.2, -0.15) is 5.26 Å². The van der Waals surface area contributed by atoms with Gasteiger partial charge in [0.2, 0.25) is 0 Å². The summed E-state index contributed by atoms with van der Waals surface area (Å²) < 4.78 is 0. The van der Waals surface area contributed by atoms with Crippen LogP contribution in [0.4, 0.5) is 0 Å². The van der Waals surface area contributed by atoms with E-state index in [1.54, 1.807) is 0 Å². The van der Waals surface area contributed by atoms with Crippen LogP contribution in [0.1, 0.15) is 20.3 Å². The molecule has 1 aliphatic rings. The number of aliphatic hydroxyl groups excluding tert-OH is 1. The molecule has 1 aliphatic heterocycles. The lowest BCUT2D eigenvalue weighted by atomic mass is 9.95. The van der Waals surface area contributed by atoms with E-state index < -0.39 is 0 Å². The largest absolute Gasteiger partial charge is 0.396 e. The smallest absolute Gasteiger partial charge is 0.0697 e. The first-order valence-corrected chi connectivity index (χ1v) is 4.82. The molecule has 0 bridgehead atoms. The van der Waals surface area contributed by atoms with Gasteiger partial charge in [-0.05, 0) is 32.7 Å². The van der Waals surface area contributed by atoms with Crippen molar-refractivity contribution < 1.29 is 5.11 Å². The molecule has 1 atom stereocenters. The van der Waals surface area contributed by atoms with Gasteiger partial charge in [-0.25, -0.2) is 0 Å². The third-order valence-electron chi connectivity index (χ3n) is 2.55. The van der Waals surface area contributed by atoms with Gasteiger partial charge in [0.25, 0.3) is 0 Å². The van der Waals surface area contributed by atoms with E-state index in [1.807, 2.05) is 13.8 Å². The van der Waals surface area contributed by atoms with Gasteiger partial charge in [0.1, 0.15) is 0 Å². The summed E-state index contributed by atoms with van der Waals surface area (Å²) in [6, 6.07) is 2.30. The molecular formula is C10H18N2O. The van der Waals surface area contributed by atoms with Crippen molar-refractivity contribution in [3.05, 3.63) is 0 Å². The Balaban J connectivity index is 2.37. The highest BCUT2D eigenvalue weighted by Gasteiger charge is 2.27. The monoisotopic (exact) mass is 182 g/mol. The highest BCUT2D eigenvalue weighted by molar-refractivity contribution is 4.95. The molecule has 3 heteroatoms. The first kappa shape index (κ1) is 10.5. The van der Waals surface area contributed by atoms with E-state index >= 15 is 0 Å². The molecule has 13 heavy (non-hydrogen) atoms. The Kier molecular flexibility index (Phi) is 3.29. The predicted molar refractivity (Wildman–Crippen MR) is 51.0 cm³/mol. The van der Waals surface area contributed by atoms with Crippen LogP contribution in [-0.4, -0.2) is 36.2 Å². The van der Waals surface area contributed by atoms with Crippen molar-refractivity contribution in [1.29, 1.82) is 5.26 Å². The lowest BCUT2D eigenvalue weighted by Gasteiger charge is -2.23. The van der Waals surface area contributed by atoms with E-state index in [0.29, 0.717) is 5.92 Å². The minimum absolute atomic E-state index is 0.260. The average molecular weight is 182 g/mol. The van der Waals surface area contributed by atoms with Crippen LogP contribution in [0.15, 0.2) is 0 Å². The van der Waals surface area contributed by atoms with E-state index in [-0.39, 0.29) is 12.0 Å². The first-order valence-electron chi connectivity index (χ1n) is 4.82. The number of nitriles is 1. The number of likely N-dealkylation sites (tertiary alicyclic amines) is 1. The van der Waals surface area contributed by atoms with Crippen molar-refractivity contribution in [1.82, 2.24) is 4.90 Å². The molecule has 0 amide bonds. The summed E-state index contributed by atoms with van der Waals surface area (Å²) in [5, 5.41) is 17.8. The van der Waals surface area contributed by atoms with Crippen molar-refractivity contribution in [3.8, 4) is 6.07 Å². The lowest BCUT2D eigenvalue weighted by molar-refractivity contribution is 0.206. The third-order valence-corrected chi connectivity index (χ3v) is 2.55. The van der Waals surface area contributed by atoms with E-state index in [1.165, 1.54) is 0 Å². The van der Waals surface area contributed by atoms with E-state index in [9.17, 15) is 0 Å². The van der Waals surface area contributed by atoms with Gasteiger partial charge in [-0.1, -0.05) is 0 Å². The standard InChI is InChI=1S/C10H18N2O/c1-10(2,7-11)8-12-4-3-9(5-12)6-13/h9,13H,3-6,8H2,1-2H3. The van der Waals surface area contributed by atoms with Crippen LogP contribution in [0.3, 0.4) is 0 Å². The number of aliphatic hydroxyl groups is 1. The summed E-state index contributed by atoms with van der Waals surface area (Å²) in [4.78, 5) is 2.27. The number of nitrogens with zero attached hydrogens (tertiary/aromatic N) is 2. The van der Waals surface area contributed by atoms with Crippen LogP contribution < -0.4 is 0 Å². The average Bonchev–Trinajstić information content (AvgIpc) is 2.52. The Morgan fingerprint density at radius 3 is 2.77 bits per heavy atom. The summed E-state index contributed by atoms with van der Waals surface area (Å²) in [5.41, 5.74) is -0.260. The Bertz CT molecular complexity index is 207. The highest BCUT2D eigenvalue weighted by atomic mass is 16.3. The quantitative estimate of drug-likeness (QED) is 0.704. The van der Waals surface area contributed by atoms with Gasteiger partial charge in [0.15, 0.2) is 0 Å². The maximum absolute atomic E-state index is 8.95. The summed E-state index contributed by atoms with van der Waals surface area (Å²) in [6.45, 7) is 6.99. The summed E-state index contributed by atoms with van der Waals surface area (Å²) in [7, 11) is 0. The maximum Gasteiger partial charge on any atom is 0.0697 e. The molecule has 1 fully saturated rings. The predicted octanol–water partition coefficient (Wildman–Crippen LogP) is 0.850. The molecule has 1 N–H and O–H groups in total. The lowest BCUT2D eigenvalue weighted by Crippen LogP contribution is -2.32. The molecule has 0 aromatic rings. The topological polar surface area (TPSA) is 47.3 Å². The van der Waals surface area contributed by atoms with Crippen LogP contribution in [0, 0.1) is 22.7 Å². The van der Waals surface area contributed by atoms with Crippen LogP contribution in [0.5, 0.6) is 0 Å². The Morgan fingerprint density at radius 2 is 2.31 bits per heavy atom. The minimum Gasteiger partial charge on any atom is -0.396 e. The van der Waals surface area contributed by atoms with Crippen molar-refractivity contribution in [3.63, 3.8) is 0 Å². The van der Waals surface area contributed by atoms with Gasteiger partial charge < -0.3 is 10.0 Å². The second-order valence-electron chi connectivity index (χ2n) is 4.57. The number of hydrogen-bond acceptors (Lipinski definition) is 3. The van der Waals surface area contributed by atoms with Gasteiger partial charge in [0.05, 0.1) is 11.5 Å². The Morgan fingerprint density at radius 1 is 1.62 bits per heavy atom. The van der Waals surface area contributed by atoms with Gasteiger partial charge in [-0.15, -0.1) is 0 Å². The van der Waals surface area contributed by atoms with Crippen LogP contribution in [-0.2, 0) is 0 Å². The highest BCUT2D eigenvalue weighted by Crippen LogP contribution is 2.21. The van der Waals surface area contributed by atoms with Gasteiger partial charge >= 0.3 is 0 Å². The molecule has 1 unspecified atom stereocenters. The second kappa shape index (κ2) is 4.08. The zero-order valence-electron chi connectivity index (χ0n) is 8.45. The molecule has 1 rings (SSSR count). The molecule has 1 heterocycles. The number of rotatable bonds is 3. The van der Waals surface area contributed by atoms with Crippen molar-refractivity contribution in [2.24, 2.45) is 11.3 Å². The number of hydrogen-bond donors (Lipinski definition) is 1. The van der Waals surface area contributed by atoms with Gasteiger partial charge in [0, 0.05) is 19.7 Å². The van der Waals surface area contributed by atoms with E-state index in [0.717, 1.165) is 26.1 Å². The summed E-state index contributed by atoms with van der Waals surface area (Å²) >= 11 is 0. The minimum atomic E-state index is -0.260. The molecule has 0 saturated carbocycles. The third kappa shape index (κ3) is 2.98. The van der Waals surface area contributed by atoms with Crippen LogP contribution in [0.25, 0.3) is 0 Å². The zero-order chi connectivity index (χ0) is 9.90. The second-order valence-corrected chi connectivity index (χ2v) is 4.57. The molecule has 0 aromatic heterocycles. The molecule has 0 aromatic carbocycles. The molecule has 0 aliphatic carbocycles. The summed E-state index contributed by atoms with van der Waals surface area (Å²) in [5.74, 6) is 0.425. The Hall–Kier alpha value is -0.590. The fraction of sp³-hybridized carbons (Fsp3) is 0.900. The SMILES string of the molecule is CC(C)(C#N)CN1CCC(CO)C1. The fourth-order valence-electron chi connectivity index (χ4n) is 1.80. The molecule has 1 saturated heterocycles. The van der Waals surface area contributed by atoms with E-state index in [2.05, 4.69) is 11.0 Å². The van der Waals surface area contributed by atoms with Crippen molar-refractivity contribution in [2.45, 2.75) is 20.3 Å². The van der Waals surface area contributed by atoms with E-state index in [4.69, 9.17) is 10.4 Å². The zero-order valence-corrected chi connectivity index (χ0v) is 8.45. The Labute approximate surface area is 80.0 Å². The van der Waals surface area contributed by atoms with Gasteiger partial charge in [-0.3, -0.25) is 0 Å². The molecular weight excluding hydrogens is 164 g/mol. The fourth-order valence-corrected chi connectivity index (χ4v) is 1.80. The molecule has 3 nitrogen and oxygen atoms in total. The van der Waals surface area contributed by atoms with Crippen LogP contribution in [0.2, 0.25) is 0 Å². The van der Waals surface area contributed by atoms with Crippen LogP contribution >= 0.6 is 0 Å². The molecule has 74 valence electrons. The van der Waals surface area contributed by atoms with Crippen molar-refractivity contribution in [2.75, 3.05) is 26.2 Å². The van der Waals surface area contributed by atoms with Crippen molar-refractivity contribution >= 4 is 0 Å². The normalized spacial score (nSPS) is 24.6. The first-order chi connectivity index (χ1) is 6.07. The molecule has 0 radical (unpaired) electrons. The maximum atomic E-state index is 8.95. The molecule has 0 spiro atoms.